The number of thioether (sulfide) groups is 1. The molecule has 2 N–H and O–H groups in total. The third-order valence-electron chi connectivity index (χ3n) is 3.42. The lowest BCUT2D eigenvalue weighted by atomic mass is 10.1. The van der Waals surface area contributed by atoms with Gasteiger partial charge in [-0.15, -0.1) is 11.8 Å². The molecule has 100 valence electrons. The Hall–Kier alpha value is -0.510. The SMILES string of the molecule is CCSc1ccc(CCNCC2CCNC2)cc1. The van der Waals surface area contributed by atoms with Crippen LogP contribution in [0.4, 0.5) is 0 Å². The molecule has 2 nitrogen and oxygen atoms in total. The highest BCUT2D eigenvalue weighted by molar-refractivity contribution is 7.99. The largest absolute Gasteiger partial charge is 0.316 e. The number of hydrogen-bond donors (Lipinski definition) is 2. The minimum atomic E-state index is 0.841. The van der Waals surface area contributed by atoms with Gasteiger partial charge in [-0.1, -0.05) is 19.1 Å². The lowest BCUT2D eigenvalue weighted by Gasteiger charge is -2.10. The Kier molecular flexibility index (Phi) is 6.05. The molecular formula is C15H24N2S. The van der Waals surface area contributed by atoms with Gasteiger partial charge in [0.15, 0.2) is 0 Å². The van der Waals surface area contributed by atoms with Crippen LogP contribution in [0.2, 0.25) is 0 Å². The molecule has 1 aliphatic heterocycles. The fourth-order valence-corrected chi connectivity index (χ4v) is 3.01. The van der Waals surface area contributed by atoms with Gasteiger partial charge in [-0.3, -0.25) is 0 Å². The molecule has 1 aromatic rings. The van der Waals surface area contributed by atoms with Crippen LogP contribution in [0.25, 0.3) is 0 Å². The Balaban J connectivity index is 1.63. The summed E-state index contributed by atoms with van der Waals surface area (Å²) < 4.78 is 0. The summed E-state index contributed by atoms with van der Waals surface area (Å²) in [7, 11) is 0. The van der Waals surface area contributed by atoms with Crippen LogP contribution >= 0.6 is 11.8 Å². The van der Waals surface area contributed by atoms with Crippen molar-refractivity contribution in [3.8, 4) is 0 Å². The summed E-state index contributed by atoms with van der Waals surface area (Å²) in [6, 6.07) is 9.00. The summed E-state index contributed by atoms with van der Waals surface area (Å²) in [6.45, 7) is 6.84. The van der Waals surface area contributed by atoms with Crippen LogP contribution in [0.1, 0.15) is 18.9 Å². The highest BCUT2D eigenvalue weighted by atomic mass is 32.2. The van der Waals surface area contributed by atoms with E-state index in [4.69, 9.17) is 0 Å². The summed E-state index contributed by atoms with van der Waals surface area (Å²) >= 11 is 1.91. The Morgan fingerprint density at radius 1 is 1.33 bits per heavy atom. The van der Waals surface area contributed by atoms with Crippen molar-refractivity contribution in [2.24, 2.45) is 5.92 Å². The molecule has 0 aromatic heterocycles. The number of nitrogens with one attached hydrogen (secondary N) is 2. The second-order valence-electron chi connectivity index (χ2n) is 4.89. The van der Waals surface area contributed by atoms with Crippen molar-refractivity contribution in [3.63, 3.8) is 0 Å². The lowest BCUT2D eigenvalue weighted by molar-refractivity contribution is 0.515. The summed E-state index contributed by atoms with van der Waals surface area (Å²) in [5.41, 5.74) is 1.44. The minimum absolute atomic E-state index is 0.841. The van der Waals surface area contributed by atoms with Crippen molar-refractivity contribution in [3.05, 3.63) is 29.8 Å². The molecule has 1 fully saturated rings. The Bertz CT molecular complexity index is 331. The first-order valence-corrected chi connectivity index (χ1v) is 8.00. The maximum atomic E-state index is 3.57. The van der Waals surface area contributed by atoms with Gasteiger partial charge in [-0.25, -0.2) is 0 Å². The lowest BCUT2D eigenvalue weighted by Crippen LogP contribution is -2.26. The smallest absolute Gasteiger partial charge is 0.00720 e. The molecule has 0 aliphatic carbocycles. The molecular weight excluding hydrogens is 240 g/mol. The molecule has 1 atom stereocenters. The zero-order valence-corrected chi connectivity index (χ0v) is 12.1. The fourth-order valence-electron chi connectivity index (χ4n) is 2.35. The van der Waals surface area contributed by atoms with Crippen LogP contribution in [-0.4, -0.2) is 31.9 Å². The van der Waals surface area contributed by atoms with Crippen molar-refractivity contribution in [2.45, 2.75) is 24.7 Å². The maximum absolute atomic E-state index is 3.57. The molecule has 0 bridgehead atoms. The third kappa shape index (κ3) is 4.63. The monoisotopic (exact) mass is 264 g/mol. The van der Waals surface area contributed by atoms with Gasteiger partial charge in [-0.05, 0) is 68.4 Å². The van der Waals surface area contributed by atoms with Gasteiger partial charge in [0.2, 0.25) is 0 Å². The van der Waals surface area contributed by atoms with Crippen LogP contribution in [0.3, 0.4) is 0 Å². The molecule has 1 heterocycles. The molecule has 1 aromatic carbocycles. The molecule has 1 unspecified atom stereocenters. The quantitative estimate of drug-likeness (QED) is 0.584. The Labute approximate surface area is 115 Å². The van der Waals surface area contributed by atoms with Crippen LogP contribution in [-0.2, 0) is 6.42 Å². The van der Waals surface area contributed by atoms with E-state index in [1.807, 2.05) is 11.8 Å². The molecule has 0 radical (unpaired) electrons. The van der Waals surface area contributed by atoms with Gasteiger partial charge in [0, 0.05) is 4.90 Å². The Morgan fingerprint density at radius 3 is 2.83 bits per heavy atom. The van der Waals surface area contributed by atoms with Gasteiger partial charge in [0.05, 0.1) is 0 Å². The van der Waals surface area contributed by atoms with Gasteiger partial charge < -0.3 is 10.6 Å². The number of hydrogen-bond acceptors (Lipinski definition) is 3. The van der Waals surface area contributed by atoms with E-state index in [1.165, 1.54) is 30.0 Å². The second-order valence-corrected chi connectivity index (χ2v) is 6.23. The summed E-state index contributed by atoms with van der Waals surface area (Å²) in [6.07, 6.45) is 2.47. The van der Waals surface area contributed by atoms with Crippen molar-refractivity contribution in [2.75, 3.05) is 31.9 Å². The normalized spacial score (nSPS) is 19.3. The predicted molar refractivity (Wildman–Crippen MR) is 80.4 cm³/mol. The second kappa shape index (κ2) is 7.82. The predicted octanol–water partition coefficient (Wildman–Crippen LogP) is 2.54. The Morgan fingerprint density at radius 2 is 2.17 bits per heavy atom. The molecule has 18 heavy (non-hydrogen) atoms. The van der Waals surface area contributed by atoms with Gasteiger partial charge >= 0.3 is 0 Å². The summed E-state index contributed by atoms with van der Waals surface area (Å²) in [4.78, 5) is 1.38. The molecule has 0 saturated carbocycles. The standard InChI is InChI=1S/C15H24N2S/c1-2-18-15-5-3-13(4-6-15)7-9-16-11-14-8-10-17-12-14/h3-6,14,16-17H,2,7-12H2,1H3. The van der Waals surface area contributed by atoms with E-state index in [1.54, 1.807) is 0 Å². The van der Waals surface area contributed by atoms with E-state index >= 15 is 0 Å². The maximum Gasteiger partial charge on any atom is 0.00720 e. The van der Waals surface area contributed by atoms with Crippen molar-refractivity contribution < 1.29 is 0 Å². The molecule has 1 aliphatic rings. The average molecular weight is 264 g/mol. The van der Waals surface area contributed by atoms with Gasteiger partial charge in [0.25, 0.3) is 0 Å². The van der Waals surface area contributed by atoms with Gasteiger partial charge in [-0.2, -0.15) is 0 Å². The zero-order chi connectivity index (χ0) is 12.6. The first kappa shape index (κ1) is 13.9. The van der Waals surface area contributed by atoms with Crippen molar-refractivity contribution in [1.29, 1.82) is 0 Å². The topological polar surface area (TPSA) is 24.1 Å². The van der Waals surface area contributed by atoms with Crippen LogP contribution in [0, 0.1) is 5.92 Å². The average Bonchev–Trinajstić information content (AvgIpc) is 2.90. The molecule has 0 spiro atoms. The van der Waals surface area contributed by atoms with E-state index in [0.717, 1.165) is 31.2 Å². The van der Waals surface area contributed by atoms with E-state index in [9.17, 15) is 0 Å². The van der Waals surface area contributed by atoms with E-state index in [2.05, 4.69) is 41.8 Å². The first-order chi connectivity index (χ1) is 8.88. The number of rotatable bonds is 7. The molecule has 2 rings (SSSR count). The highest BCUT2D eigenvalue weighted by Gasteiger charge is 2.12. The molecule has 3 heteroatoms. The van der Waals surface area contributed by atoms with Crippen LogP contribution in [0.5, 0.6) is 0 Å². The van der Waals surface area contributed by atoms with Crippen LogP contribution in [0.15, 0.2) is 29.2 Å². The fraction of sp³-hybridized carbons (Fsp3) is 0.600. The van der Waals surface area contributed by atoms with E-state index in [-0.39, 0.29) is 0 Å². The number of benzene rings is 1. The van der Waals surface area contributed by atoms with Crippen molar-refractivity contribution >= 4 is 11.8 Å². The minimum Gasteiger partial charge on any atom is -0.316 e. The third-order valence-corrected chi connectivity index (χ3v) is 4.31. The first-order valence-electron chi connectivity index (χ1n) is 7.01. The molecule has 1 saturated heterocycles. The van der Waals surface area contributed by atoms with Crippen LogP contribution < -0.4 is 10.6 Å². The summed E-state index contributed by atoms with van der Waals surface area (Å²) in [5, 5.41) is 6.98. The van der Waals surface area contributed by atoms with E-state index in [0.29, 0.717) is 0 Å². The molecule has 0 amide bonds. The highest BCUT2D eigenvalue weighted by Crippen LogP contribution is 2.17. The van der Waals surface area contributed by atoms with Gasteiger partial charge in [0.1, 0.15) is 0 Å². The van der Waals surface area contributed by atoms with E-state index < -0.39 is 0 Å². The zero-order valence-electron chi connectivity index (χ0n) is 11.2. The van der Waals surface area contributed by atoms with Crippen molar-refractivity contribution in [1.82, 2.24) is 10.6 Å². The summed E-state index contributed by atoms with van der Waals surface area (Å²) in [5.74, 6) is 1.99.